The van der Waals surface area contributed by atoms with Crippen molar-refractivity contribution in [3.05, 3.63) is 65.9 Å². The smallest absolute Gasteiger partial charge is 0.246 e. The molecule has 2 aromatic carbocycles. The Bertz CT molecular complexity index is 971. The van der Waals surface area contributed by atoms with Crippen molar-refractivity contribution in [3.63, 3.8) is 0 Å². The summed E-state index contributed by atoms with van der Waals surface area (Å²) in [6, 6.07) is 15.8. The van der Waals surface area contributed by atoms with Crippen LogP contribution in [0, 0.1) is 0 Å². The third kappa shape index (κ3) is 2.64. The van der Waals surface area contributed by atoms with Crippen LogP contribution in [0.5, 0.6) is 0 Å². The summed E-state index contributed by atoms with van der Waals surface area (Å²) in [6.07, 6.45) is 3.19. The molecule has 0 N–H and O–H groups in total. The summed E-state index contributed by atoms with van der Waals surface area (Å²) in [5, 5.41) is 0.920. The second kappa shape index (κ2) is 6.20. The van der Waals surface area contributed by atoms with E-state index in [4.69, 9.17) is 0 Å². The molecule has 1 aromatic heterocycles. The highest BCUT2D eigenvalue weighted by Crippen LogP contribution is 2.28. The number of ketones is 1. The number of rotatable bonds is 4. The number of benzene rings is 2. The van der Waals surface area contributed by atoms with E-state index in [1.54, 1.807) is 0 Å². The van der Waals surface area contributed by atoms with E-state index in [1.807, 2.05) is 65.1 Å². The number of Topliss-reactive ketones (excluding diaryl/α,β-unsaturated/α-hetero) is 1. The van der Waals surface area contributed by atoms with Gasteiger partial charge in [-0.25, -0.2) is 0 Å². The second-order valence-corrected chi connectivity index (χ2v) is 6.39. The minimum absolute atomic E-state index is 0.0567. The first kappa shape index (κ1) is 15.6. The molecule has 4 rings (SSSR count). The van der Waals surface area contributed by atoms with Crippen LogP contribution in [0.2, 0.25) is 0 Å². The van der Waals surface area contributed by atoms with Crippen LogP contribution < -0.4 is 4.90 Å². The molecule has 1 amide bonds. The third-order valence-corrected chi connectivity index (χ3v) is 4.90. The number of fused-ring (bicyclic) bond motifs is 2. The molecule has 0 aliphatic carbocycles. The maximum Gasteiger partial charge on any atom is 0.246 e. The van der Waals surface area contributed by atoms with Gasteiger partial charge in [-0.15, -0.1) is 0 Å². The van der Waals surface area contributed by atoms with E-state index < -0.39 is 0 Å². The van der Waals surface area contributed by atoms with Gasteiger partial charge in [-0.3, -0.25) is 9.59 Å². The van der Waals surface area contributed by atoms with Crippen molar-refractivity contribution >= 4 is 28.3 Å². The van der Waals surface area contributed by atoms with Crippen LogP contribution >= 0.6 is 0 Å². The molecule has 0 unspecified atom stereocenters. The van der Waals surface area contributed by atoms with Crippen molar-refractivity contribution in [1.29, 1.82) is 0 Å². The van der Waals surface area contributed by atoms with Crippen LogP contribution in [0.1, 0.15) is 29.3 Å². The predicted octanol–water partition coefficient (Wildman–Crippen LogP) is 3.82. The summed E-state index contributed by atoms with van der Waals surface area (Å²) in [6.45, 7) is 2.82. The van der Waals surface area contributed by atoms with E-state index in [1.165, 1.54) is 5.56 Å². The van der Waals surface area contributed by atoms with Gasteiger partial charge in [-0.05, 0) is 24.1 Å². The van der Waals surface area contributed by atoms with Gasteiger partial charge in [0.15, 0.2) is 5.78 Å². The number of carbonyl (C=O) groups excluding carboxylic acids is 2. The number of anilines is 1. The molecule has 2 heterocycles. The maximum absolute atomic E-state index is 12.9. The van der Waals surface area contributed by atoms with Gasteiger partial charge >= 0.3 is 0 Å². The van der Waals surface area contributed by atoms with Gasteiger partial charge in [-0.2, -0.15) is 0 Å². The number of hydrogen-bond donors (Lipinski definition) is 0. The number of para-hydroxylation sites is 2. The van der Waals surface area contributed by atoms with E-state index in [-0.39, 0.29) is 18.2 Å². The topological polar surface area (TPSA) is 42.3 Å². The Hall–Kier alpha value is -2.88. The van der Waals surface area contributed by atoms with Gasteiger partial charge in [0.1, 0.15) is 6.54 Å². The van der Waals surface area contributed by atoms with Gasteiger partial charge in [-0.1, -0.05) is 43.3 Å². The second-order valence-electron chi connectivity index (χ2n) is 6.39. The molecule has 4 heteroatoms. The molecule has 126 valence electrons. The van der Waals surface area contributed by atoms with Gasteiger partial charge in [0.25, 0.3) is 0 Å². The molecule has 3 aromatic rings. The Labute approximate surface area is 146 Å². The fourth-order valence-corrected chi connectivity index (χ4v) is 3.62. The molecule has 1 aliphatic rings. The molecule has 0 radical (unpaired) electrons. The normalized spacial score (nSPS) is 13.2. The fourth-order valence-electron chi connectivity index (χ4n) is 3.62. The number of hydrogen-bond acceptors (Lipinski definition) is 2. The van der Waals surface area contributed by atoms with Gasteiger partial charge < -0.3 is 9.47 Å². The molecular weight excluding hydrogens is 312 g/mol. The highest BCUT2D eigenvalue weighted by atomic mass is 16.2. The zero-order chi connectivity index (χ0) is 17.4. The first-order valence-corrected chi connectivity index (χ1v) is 8.68. The molecule has 0 saturated carbocycles. The highest BCUT2D eigenvalue weighted by Gasteiger charge is 2.25. The average molecular weight is 332 g/mol. The molecule has 0 fully saturated rings. The Morgan fingerprint density at radius 3 is 2.64 bits per heavy atom. The van der Waals surface area contributed by atoms with Crippen molar-refractivity contribution in [2.24, 2.45) is 0 Å². The minimum atomic E-state index is 0.0567. The average Bonchev–Trinajstić information content (AvgIpc) is 3.23. The van der Waals surface area contributed by atoms with Crippen molar-refractivity contribution in [1.82, 2.24) is 4.57 Å². The third-order valence-electron chi connectivity index (χ3n) is 4.90. The van der Waals surface area contributed by atoms with Gasteiger partial charge in [0.05, 0.1) is 0 Å². The molecule has 1 aliphatic heterocycles. The summed E-state index contributed by atoms with van der Waals surface area (Å²) >= 11 is 0. The predicted molar refractivity (Wildman–Crippen MR) is 99.1 cm³/mol. The van der Waals surface area contributed by atoms with Crippen LogP contribution in [0.15, 0.2) is 54.7 Å². The lowest BCUT2D eigenvalue weighted by molar-refractivity contribution is -0.119. The molecule has 4 nitrogen and oxygen atoms in total. The molecular formula is C21H20N2O2. The van der Waals surface area contributed by atoms with E-state index in [9.17, 15) is 9.59 Å². The largest absolute Gasteiger partial charge is 0.337 e. The monoisotopic (exact) mass is 332 g/mol. The van der Waals surface area contributed by atoms with E-state index >= 15 is 0 Å². The Kier molecular flexibility index (Phi) is 3.88. The van der Waals surface area contributed by atoms with Crippen LogP contribution in [-0.2, 0) is 17.8 Å². The van der Waals surface area contributed by atoms with Crippen LogP contribution in [-0.4, -0.2) is 22.8 Å². The van der Waals surface area contributed by atoms with Crippen molar-refractivity contribution < 1.29 is 9.59 Å². The van der Waals surface area contributed by atoms with E-state index in [2.05, 4.69) is 6.07 Å². The van der Waals surface area contributed by atoms with Crippen LogP contribution in [0.25, 0.3) is 10.9 Å². The summed E-state index contributed by atoms with van der Waals surface area (Å²) in [5.41, 5.74) is 3.86. The van der Waals surface area contributed by atoms with Gasteiger partial charge in [0, 0.05) is 41.3 Å². The number of amides is 1. The molecule has 25 heavy (non-hydrogen) atoms. The standard InChI is InChI=1S/C21H20N2O2/c1-2-20(24)17-13-22(19-10-6-4-8-16(17)19)14-21(25)23-12-11-15-7-3-5-9-18(15)23/h3-10,13H,2,11-12,14H2,1H3. The van der Waals surface area contributed by atoms with E-state index in [0.717, 1.165) is 29.6 Å². The molecule has 0 saturated heterocycles. The summed E-state index contributed by atoms with van der Waals surface area (Å²) in [4.78, 5) is 27.0. The van der Waals surface area contributed by atoms with Crippen molar-refractivity contribution in [2.45, 2.75) is 26.3 Å². The highest BCUT2D eigenvalue weighted by molar-refractivity contribution is 6.08. The van der Waals surface area contributed by atoms with Crippen LogP contribution in [0.3, 0.4) is 0 Å². The number of carbonyl (C=O) groups is 2. The SMILES string of the molecule is CCC(=O)c1cn(CC(=O)N2CCc3ccccc32)c2ccccc12. The Morgan fingerprint density at radius 1 is 1.04 bits per heavy atom. The summed E-state index contributed by atoms with van der Waals surface area (Å²) < 4.78 is 1.90. The zero-order valence-corrected chi connectivity index (χ0v) is 14.2. The molecule has 0 bridgehead atoms. The Morgan fingerprint density at radius 2 is 1.80 bits per heavy atom. The lowest BCUT2D eigenvalue weighted by Gasteiger charge is -2.18. The number of aromatic nitrogens is 1. The first-order chi connectivity index (χ1) is 12.2. The lowest BCUT2D eigenvalue weighted by Crippen LogP contribution is -2.32. The Balaban J connectivity index is 1.68. The lowest BCUT2D eigenvalue weighted by atomic mass is 10.1. The molecule has 0 atom stereocenters. The first-order valence-electron chi connectivity index (χ1n) is 8.68. The summed E-state index contributed by atoms with van der Waals surface area (Å²) in [7, 11) is 0. The molecule has 0 spiro atoms. The number of nitrogens with zero attached hydrogens (tertiary/aromatic N) is 2. The van der Waals surface area contributed by atoms with Crippen molar-refractivity contribution in [2.75, 3.05) is 11.4 Å². The van der Waals surface area contributed by atoms with Gasteiger partial charge in [0.2, 0.25) is 5.91 Å². The fraction of sp³-hybridized carbons (Fsp3) is 0.238. The summed E-state index contributed by atoms with van der Waals surface area (Å²) in [5.74, 6) is 0.162. The quantitative estimate of drug-likeness (QED) is 0.682. The zero-order valence-electron chi connectivity index (χ0n) is 14.2. The maximum atomic E-state index is 12.9. The minimum Gasteiger partial charge on any atom is -0.337 e. The van der Waals surface area contributed by atoms with Crippen LogP contribution in [0.4, 0.5) is 5.69 Å². The van der Waals surface area contributed by atoms with Crippen molar-refractivity contribution in [3.8, 4) is 0 Å². The van der Waals surface area contributed by atoms with E-state index in [0.29, 0.717) is 12.0 Å².